The van der Waals surface area contributed by atoms with Crippen molar-refractivity contribution >= 4 is 17.4 Å². The molecule has 0 spiro atoms. The van der Waals surface area contributed by atoms with Gasteiger partial charge in [0.15, 0.2) is 5.78 Å². The molecule has 20 heavy (non-hydrogen) atoms. The molecule has 0 saturated heterocycles. The molecule has 2 rings (SSSR count). The highest BCUT2D eigenvalue weighted by atomic mass is 35.5. The van der Waals surface area contributed by atoms with Gasteiger partial charge in [0, 0.05) is 10.6 Å². The molecule has 0 amide bonds. The Bertz CT molecular complexity index is 662. The number of hydrogen-bond acceptors (Lipinski definition) is 1. The van der Waals surface area contributed by atoms with Crippen molar-refractivity contribution in [1.82, 2.24) is 0 Å². The van der Waals surface area contributed by atoms with Gasteiger partial charge in [-0.25, -0.2) is 0 Å². The molecule has 5 heteroatoms. The molecular formula is C15H10ClF3O. The lowest BCUT2D eigenvalue weighted by Gasteiger charge is -2.15. The second-order valence-corrected chi connectivity index (χ2v) is 4.73. The Morgan fingerprint density at radius 2 is 1.70 bits per heavy atom. The number of carbonyl (C=O) groups excluding carboxylic acids is 1. The lowest BCUT2D eigenvalue weighted by Crippen LogP contribution is -2.08. The molecule has 0 fully saturated rings. The van der Waals surface area contributed by atoms with Crippen LogP contribution in [0, 0.1) is 0 Å². The van der Waals surface area contributed by atoms with Crippen molar-refractivity contribution in [3.63, 3.8) is 0 Å². The Morgan fingerprint density at radius 3 is 2.30 bits per heavy atom. The van der Waals surface area contributed by atoms with Gasteiger partial charge in [0.2, 0.25) is 0 Å². The molecule has 0 heterocycles. The van der Waals surface area contributed by atoms with E-state index in [9.17, 15) is 18.0 Å². The normalized spacial score (nSPS) is 11.4. The van der Waals surface area contributed by atoms with E-state index in [0.29, 0.717) is 5.02 Å². The Hall–Kier alpha value is -1.81. The number of hydrogen-bond donors (Lipinski definition) is 0. The minimum Gasteiger partial charge on any atom is -0.294 e. The van der Waals surface area contributed by atoms with Crippen molar-refractivity contribution in [2.75, 3.05) is 0 Å². The molecule has 0 atom stereocenters. The van der Waals surface area contributed by atoms with Crippen LogP contribution in [0.2, 0.25) is 5.02 Å². The summed E-state index contributed by atoms with van der Waals surface area (Å²) in [5.41, 5.74) is -0.393. The van der Waals surface area contributed by atoms with E-state index in [1.54, 1.807) is 0 Å². The number of alkyl halides is 3. The van der Waals surface area contributed by atoms with Gasteiger partial charge in [0.05, 0.1) is 5.56 Å². The number of ketones is 1. The summed E-state index contributed by atoms with van der Waals surface area (Å²) in [4.78, 5) is 11.6. The fourth-order valence-electron chi connectivity index (χ4n) is 2.01. The lowest BCUT2D eigenvalue weighted by atomic mass is 9.93. The first-order chi connectivity index (χ1) is 9.30. The fourth-order valence-corrected chi connectivity index (χ4v) is 2.18. The average molecular weight is 299 g/mol. The van der Waals surface area contributed by atoms with Gasteiger partial charge < -0.3 is 0 Å². The smallest absolute Gasteiger partial charge is 0.294 e. The van der Waals surface area contributed by atoms with Gasteiger partial charge in [0.25, 0.3) is 0 Å². The molecule has 0 saturated carbocycles. The van der Waals surface area contributed by atoms with Gasteiger partial charge in [-0.3, -0.25) is 4.79 Å². The van der Waals surface area contributed by atoms with Crippen molar-refractivity contribution in [3.8, 4) is 11.1 Å². The van der Waals surface area contributed by atoms with E-state index in [1.807, 2.05) is 0 Å². The fraction of sp³-hybridized carbons (Fsp3) is 0.133. The predicted molar refractivity (Wildman–Crippen MR) is 71.9 cm³/mol. The summed E-state index contributed by atoms with van der Waals surface area (Å²) in [6.45, 7) is 1.30. The van der Waals surface area contributed by atoms with Gasteiger partial charge in [-0.2, -0.15) is 13.2 Å². The van der Waals surface area contributed by atoms with Gasteiger partial charge in [-0.15, -0.1) is 0 Å². The minimum atomic E-state index is -4.48. The summed E-state index contributed by atoms with van der Waals surface area (Å²) in [5.74, 6) is -0.334. The predicted octanol–water partition coefficient (Wildman–Crippen LogP) is 5.23. The van der Waals surface area contributed by atoms with Crippen molar-refractivity contribution in [1.29, 1.82) is 0 Å². The van der Waals surface area contributed by atoms with Crippen LogP contribution < -0.4 is 0 Å². The zero-order chi connectivity index (χ0) is 14.9. The third-order valence-corrected chi connectivity index (χ3v) is 3.12. The number of rotatable bonds is 2. The summed E-state index contributed by atoms with van der Waals surface area (Å²) >= 11 is 5.80. The maximum atomic E-state index is 13.0. The molecule has 2 aromatic carbocycles. The van der Waals surface area contributed by atoms with Crippen molar-refractivity contribution in [2.45, 2.75) is 13.1 Å². The first kappa shape index (κ1) is 14.6. The summed E-state index contributed by atoms with van der Waals surface area (Å²) in [7, 11) is 0. The van der Waals surface area contributed by atoms with E-state index >= 15 is 0 Å². The molecular weight excluding hydrogens is 289 g/mol. The Morgan fingerprint density at radius 1 is 1.05 bits per heavy atom. The SMILES string of the molecule is CC(=O)c1cc(Cl)ccc1-c1ccccc1C(F)(F)F. The summed E-state index contributed by atoms with van der Waals surface area (Å²) in [6, 6.07) is 9.44. The molecule has 0 bridgehead atoms. The van der Waals surface area contributed by atoms with E-state index in [4.69, 9.17) is 11.6 Å². The quantitative estimate of drug-likeness (QED) is 0.694. The van der Waals surface area contributed by atoms with Crippen LogP contribution >= 0.6 is 11.6 Å². The van der Waals surface area contributed by atoms with E-state index in [2.05, 4.69) is 0 Å². The van der Waals surface area contributed by atoms with E-state index in [1.165, 1.54) is 43.3 Å². The summed E-state index contributed by atoms with van der Waals surface area (Å²) in [6.07, 6.45) is -4.48. The van der Waals surface area contributed by atoms with Crippen LogP contribution in [0.3, 0.4) is 0 Å². The molecule has 0 unspecified atom stereocenters. The first-order valence-electron chi connectivity index (χ1n) is 5.78. The molecule has 0 radical (unpaired) electrons. The largest absolute Gasteiger partial charge is 0.417 e. The third-order valence-electron chi connectivity index (χ3n) is 2.88. The highest BCUT2D eigenvalue weighted by Crippen LogP contribution is 2.38. The van der Waals surface area contributed by atoms with Crippen molar-refractivity contribution < 1.29 is 18.0 Å². The van der Waals surface area contributed by atoms with E-state index in [-0.39, 0.29) is 22.5 Å². The van der Waals surface area contributed by atoms with Crippen LogP contribution in [0.15, 0.2) is 42.5 Å². The van der Waals surface area contributed by atoms with Gasteiger partial charge in [0.1, 0.15) is 0 Å². The van der Waals surface area contributed by atoms with Crippen LogP contribution in [-0.4, -0.2) is 5.78 Å². The molecule has 0 aliphatic heterocycles. The molecule has 1 nitrogen and oxygen atoms in total. The Balaban J connectivity index is 2.73. The summed E-state index contributed by atoms with van der Waals surface area (Å²) in [5, 5.41) is 0.309. The highest BCUT2D eigenvalue weighted by Gasteiger charge is 2.33. The molecule has 0 aliphatic rings. The number of carbonyl (C=O) groups is 1. The average Bonchev–Trinajstić information content (AvgIpc) is 2.37. The van der Waals surface area contributed by atoms with Gasteiger partial charge in [-0.05, 0) is 36.2 Å². The molecule has 0 N–H and O–H groups in total. The molecule has 2 aromatic rings. The number of benzene rings is 2. The maximum absolute atomic E-state index is 13.0. The third kappa shape index (κ3) is 2.85. The molecule has 0 aromatic heterocycles. The van der Waals surface area contributed by atoms with Crippen LogP contribution in [0.1, 0.15) is 22.8 Å². The highest BCUT2D eigenvalue weighted by molar-refractivity contribution is 6.31. The molecule has 104 valence electrons. The summed E-state index contributed by atoms with van der Waals surface area (Å²) < 4.78 is 39.1. The van der Waals surface area contributed by atoms with Crippen LogP contribution in [0.25, 0.3) is 11.1 Å². The zero-order valence-corrected chi connectivity index (χ0v) is 11.2. The monoisotopic (exact) mass is 298 g/mol. The van der Waals surface area contributed by atoms with Crippen molar-refractivity contribution in [3.05, 3.63) is 58.6 Å². The lowest BCUT2D eigenvalue weighted by molar-refractivity contribution is -0.137. The second-order valence-electron chi connectivity index (χ2n) is 4.29. The number of Topliss-reactive ketones (excluding diaryl/α,β-unsaturated/α-hetero) is 1. The maximum Gasteiger partial charge on any atom is 0.417 e. The van der Waals surface area contributed by atoms with Crippen LogP contribution in [0.5, 0.6) is 0 Å². The number of halogens is 4. The second kappa shape index (κ2) is 5.29. The first-order valence-corrected chi connectivity index (χ1v) is 6.15. The van der Waals surface area contributed by atoms with Gasteiger partial charge in [-0.1, -0.05) is 35.9 Å². The van der Waals surface area contributed by atoms with Crippen molar-refractivity contribution in [2.24, 2.45) is 0 Å². The Labute approximate surface area is 119 Å². The minimum absolute atomic E-state index is 0.0260. The molecule has 0 aliphatic carbocycles. The zero-order valence-electron chi connectivity index (χ0n) is 10.5. The van der Waals surface area contributed by atoms with Crippen LogP contribution in [-0.2, 0) is 6.18 Å². The van der Waals surface area contributed by atoms with E-state index in [0.717, 1.165) is 6.07 Å². The van der Waals surface area contributed by atoms with Gasteiger partial charge >= 0.3 is 6.18 Å². The van der Waals surface area contributed by atoms with Crippen LogP contribution in [0.4, 0.5) is 13.2 Å². The standard InChI is InChI=1S/C15H10ClF3O/c1-9(20)13-8-10(16)6-7-11(13)12-4-2-3-5-14(12)15(17,18)19/h2-8H,1H3. The Kier molecular flexibility index (Phi) is 3.86. The van der Waals surface area contributed by atoms with E-state index < -0.39 is 11.7 Å². The topological polar surface area (TPSA) is 17.1 Å².